The molecule has 4 heteroatoms. The van der Waals surface area contributed by atoms with Crippen molar-refractivity contribution in [1.29, 1.82) is 0 Å². The lowest BCUT2D eigenvalue weighted by molar-refractivity contribution is 0.0697. The van der Waals surface area contributed by atoms with Crippen molar-refractivity contribution >= 4 is 24.1 Å². The summed E-state index contributed by atoms with van der Waals surface area (Å²) in [6.07, 6.45) is 0. The Hall–Kier alpha value is -2.00. The smallest absolute Gasteiger partial charge is 0.335 e. The van der Waals surface area contributed by atoms with Gasteiger partial charge in [0.2, 0.25) is 0 Å². The van der Waals surface area contributed by atoms with Gasteiger partial charge in [-0.2, -0.15) is 0 Å². The normalized spacial score (nSPS) is 9.53. The molecule has 0 saturated carbocycles. The Morgan fingerprint density at radius 1 is 1.11 bits per heavy atom. The topological polar surface area (TPSA) is 49.3 Å². The maximum atomic E-state index is 10.7. The van der Waals surface area contributed by atoms with E-state index in [1.165, 1.54) is 11.1 Å². The lowest BCUT2D eigenvalue weighted by Gasteiger charge is -2.09. The first-order valence-electron chi connectivity index (χ1n) is 5.78. The van der Waals surface area contributed by atoms with Crippen molar-refractivity contribution in [2.45, 2.75) is 13.5 Å². The minimum atomic E-state index is -0.902. The van der Waals surface area contributed by atoms with E-state index in [-0.39, 0.29) is 12.4 Å². The first kappa shape index (κ1) is 15.1. The second kappa shape index (κ2) is 6.81. The fraction of sp³-hybridized carbons (Fsp3) is 0.133. The predicted octanol–water partition coefficient (Wildman–Crippen LogP) is 3.73. The molecule has 2 N–H and O–H groups in total. The Morgan fingerprint density at radius 2 is 1.74 bits per heavy atom. The van der Waals surface area contributed by atoms with Gasteiger partial charge < -0.3 is 10.4 Å². The van der Waals surface area contributed by atoms with Gasteiger partial charge in [0, 0.05) is 12.2 Å². The number of carbonyl (C=O) groups is 1. The number of aryl methyl sites for hydroxylation is 1. The van der Waals surface area contributed by atoms with Gasteiger partial charge in [-0.3, -0.25) is 0 Å². The van der Waals surface area contributed by atoms with E-state index in [1.54, 1.807) is 24.3 Å². The third kappa shape index (κ3) is 4.00. The zero-order valence-corrected chi connectivity index (χ0v) is 11.4. The Labute approximate surface area is 118 Å². The van der Waals surface area contributed by atoms with E-state index in [9.17, 15) is 4.79 Å². The van der Waals surface area contributed by atoms with Crippen molar-refractivity contribution in [3.63, 3.8) is 0 Å². The van der Waals surface area contributed by atoms with Crippen LogP contribution in [0.15, 0.2) is 48.5 Å². The number of hydrogen-bond donors (Lipinski definition) is 2. The lowest BCUT2D eigenvalue weighted by atomic mass is 10.1. The van der Waals surface area contributed by atoms with E-state index in [0.29, 0.717) is 5.56 Å². The summed E-state index contributed by atoms with van der Waals surface area (Å²) in [6, 6.07) is 14.9. The number of carboxylic acids is 1. The highest BCUT2D eigenvalue weighted by molar-refractivity contribution is 5.88. The molecule has 0 atom stereocenters. The number of carboxylic acid groups (broad SMARTS) is 1. The van der Waals surface area contributed by atoms with Crippen molar-refractivity contribution < 1.29 is 9.90 Å². The molecule has 0 aliphatic rings. The highest BCUT2D eigenvalue weighted by atomic mass is 35.5. The molecule has 0 unspecified atom stereocenters. The van der Waals surface area contributed by atoms with E-state index in [2.05, 4.69) is 24.4 Å². The molecule has 2 aromatic carbocycles. The first-order chi connectivity index (χ1) is 8.66. The summed E-state index contributed by atoms with van der Waals surface area (Å²) in [6.45, 7) is 2.81. The molecular formula is C15H16ClNO2. The molecule has 0 aromatic heterocycles. The fourth-order valence-corrected chi connectivity index (χ4v) is 1.74. The highest BCUT2D eigenvalue weighted by Crippen LogP contribution is 2.13. The first-order valence-corrected chi connectivity index (χ1v) is 5.78. The number of rotatable bonds is 4. The number of benzene rings is 2. The van der Waals surface area contributed by atoms with Crippen LogP contribution in [0.4, 0.5) is 5.69 Å². The molecule has 2 rings (SSSR count). The molecule has 0 radical (unpaired) electrons. The molecule has 19 heavy (non-hydrogen) atoms. The van der Waals surface area contributed by atoms with Crippen LogP contribution in [-0.2, 0) is 6.54 Å². The van der Waals surface area contributed by atoms with Gasteiger partial charge in [0.05, 0.1) is 5.56 Å². The van der Waals surface area contributed by atoms with Gasteiger partial charge in [-0.15, -0.1) is 12.4 Å². The third-order valence-corrected chi connectivity index (χ3v) is 2.88. The number of nitrogens with one attached hydrogen (secondary N) is 1. The van der Waals surface area contributed by atoms with Crippen LogP contribution in [0.5, 0.6) is 0 Å². The van der Waals surface area contributed by atoms with Crippen LogP contribution in [0, 0.1) is 6.92 Å². The Kier molecular flexibility index (Phi) is 5.39. The lowest BCUT2D eigenvalue weighted by Crippen LogP contribution is -2.02. The quantitative estimate of drug-likeness (QED) is 0.895. The standard InChI is InChI=1S/C15H15NO2.ClH/c1-11-4-2-3-5-13(11)10-16-14-8-6-12(7-9-14)15(17)18;/h2-9,16H,10H2,1H3,(H,17,18);1H. The summed E-state index contributed by atoms with van der Waals surface area (Å²) in [5, 5.41) is 12.1. The van der Waals surface area contributed by atoms with Gasteiger partial charge in [-0.25, -0.2) is 4.79 Å². The third-order valence-electron chi connectivity index (χ3n) is 2.88. The minimum absolute atomic E-state index is 0. The van der Waals surface area contributed by atoms with E-state index < -0.39 is 5.97 Å². The van der Waals surface area contributed by atoms with Crippen molar-refractivity contribution in [2.24, 2.45) is 0 Å². The summed E-state index contributed by atoms with van der Waals surface area (Å²) in [5.41, 5.74) is 3.70. The Balaban J connectivity index is 0.00000180. The van der Waals surface area contributed by atoms with Crippen molar-refractivity contribution in [1.82, 2.24) is 0 Å². The van der Waals surface area contributed by atoms with Crippen molar-refractivity contribution in [3.8, 4) is 0 Å². The Morgan fingerprint density at radius 3 is 2.32 bits per heavy atom. The molecule has 0 saturated heterocycles. The SMILES string of the molecule is Cc1ccccc1CNc1ccc(C(=O)O)cc1.Cl. The fourth-order valence-electron chi connectivity index (χ4n) is 1.74. The molecule has 100 valence electrons. The van der Waals surface area contributed by atoms with Gasteiger partial charge in [0.25, 0.3) is 0 Å². The molecule has 3 nitrogen and oxygen atoms in total. The predicted molar refractivity (Wildman–Crippen MR) is 79.2 cm³/mol. The van der Waals surface area contributed by atoms with Crippen LogP contribution in [0.2, 0.25) is 0 Å². The van der Waals surface area contributed by atoms with Gasteiger partial charge in [-0.1, -0.05) is 24.3 Å². The van der Waals surface area contributed by atoms with Crippen LogP contribution in [0.1, 0.15) is 21.5 Å². The summed E-state index contributed by atoms with van der Waals surface area (Å²) in [4.78, 5) is 10.7. The van der Waals surface area contributed by atoms with Crippen LogP contribution >= 0.6 is 12.4 Å². The van der Waals surface area contributed by atoms with Crippen LogP contribution in [0.25, 0.3) is 0 Å². The maximum absolute atomic E-state index is 10.7. The number of hydrogen-bond acceptors (Lipinski definition) is 2. The van der Waals surface area contributed by atoms with E-state index in [1.807, 2.05) is 12.1 Å². The number of anilines is 1. The largest absolute Gasteiger partial charge is 0.478 e. The van der Waals surface area contributed by atoms with E-state index in [4.69, 9.17) is 5.11 Å². The van der Waals surface area contributed by atoms with Crippen molar-refractivity contribution in [3.05, 3.63) is 65.2 Å². The maximum Gasteiger partial charge on any atom is 0.335 e. The van der Waals surface area contributed by atoms with E-state index >= 15 is 0 Å². The summed E-state index contributed by atoms with van der Waals surface area (Å²) >= 11 is 0. The monoisotopic (exact) mass is 277 g/mol. The van der Waals surface area contributed by atoms with E-state index in [0.717, 1.165) is 12.2 Å². The van der Waals surface area contributed by atoms with Gasteiger partial charge in [0.15, 0.2) is 0 Å². The highest BCUT2D eigenvalue weighted by Gasteiger charge is 2.02. The van der Waals surface area contributed by atoms with Crippen LogP contribution in [0.3, 0.4) is 0 Å². The summed E-state index contributed by atoms with van der Waals surface area (Å²) in [7, 11) is 0. The second-order valence-corrected chi connectivity index (χ2v) is 4.16. The molecule has 0 amide bonds. The summed E-state index contributed by atoms with van der Waals surface area (Å²) in [5.74, 6) is -0.902. The average molecular weight is 278 g/mol. The molecule has 0 aliphatic heterocycles. The minimum Gasteiger partial charge on any atom is -0.478 e. The van der Waals surface area contributed by atoms with Crippen LogP contribution in [-0.4, -0.2) is 11.1 Å². The number of aromatic carboxylic acids is 1. The molecule has 0 spiro atoms. The summed E-state index contributed by atoms with van der Waals surface area (Å²) < 4.78 is 0. The van der Waals surface area contributed by atoms with Crippen LogP contribution < -0.4 is 5.32 Å². The number of halogens is 1. The zero-order valence-electron chi connectivity index (χ0n) is 10.6. The Bertz CT molecular complexity index is 552. The second-order valence-electron chi connectivity index (χ2n) is 4.16. The van der Waals surface area contributed by atoms with Gasteiger partial charge in [-0.05, 0) is 42.3 Å². The molecule has 0 fully saturated rings. The molecule has 2 aromatic rings. The van der Waals surface area contributed by atoms with Gasteiger partial charge >= 0.3 is 5.97 Å². The molecule has 0 aliphatic carbocycles. The molecule has 0 bridgehead atoms. The molecular weight excluding hydrogens is 262 g/mol. The molecule has 0 heterocycles. The van der Waals surface area contributed by atoms with Crippen molar-refractivity contribution in [2.75, 3.05) is 5.32 Å². The zero-order chi connectivity index (χ0) is 13.0. The average Bonchev–Trinajstić information content (AvgIpc) is 2.38. The van der Waals surface area contributed by atoms with Gasteiger partial charge in [0.1, 0.15) is 0 Å².